The Kier molecular flexibility index (Phi) is 5.36. The summed E-state index contributed by atoms with van der Waals surface area (Å²) in [6, 6.07) is 7.15. The molecule has 4 heteroatoms. The van der Waals surface area contributed by atoms with Gasteiger partial charge in [-0.3, -0.25) is 9.59 Å². The Hall–Kier alpha value is -1.84. The van der Waals surface area contributed by atoms with Crippen LogP contribution in [0.2, 0.25) is 0 Å². The summed E-state index contributed by atoms with van der Waals surface area (Å²) in [6.45, 7) is 5.73. The summed E-state index contributed by atoms with van der Waals surface area (Å²) in [5.74, 6) is -0.254. The Balaban J connectivity index is 2.87. The van der Waals surface area contributed by atoms with E-state index in [1.54, 1.807) is 31.2 Å². The van der Waals surface area contributed by atoms with E-state index in [4.69, 9.17) is 0 Å². The fourth-order valence-electron chi connectivity index (χ4n) is 1.43. The molecule has 4 nitrogen and oxygen atoms in total. The highest BCUT2D eigenvalue weighted by Crippen LogP contribution is 2.15. The third kappa shape index (κ3) is 3.87. The second kappa shape index (κ2) is 6.79. The van der Waals surface area contributed by atoms with Gasteiger partial charge in [0.1, 0.15) is 0 Å². The number of amides is 2. The van der Waals surface area contributed by atoms with Crippen molar-refractivity contribution in [3.63, 3.8) is 0 Å². The quantitative estimate of drug-likeness (QED) is 0.841. The molecular weight excluding hydrogens is 228 g/mol. The molecule has 1 rings (SSSR count). The van der Waals surface area contributed by atoms with E-state index in [0.717, 1.165) is 6.42 Å². The van der Waals surface area contributed by atoms with Gasteiger partial charge in [-0.15, -0.1) is 0 Å². The van der Waals surface area contributed by atoms with Crippen LogP contribution in [0.3, 0.4) is 0 Å². The largest absolute Gasteiger partial charge is 0.350 e. The van der Waals surface area contributed by atoms with Crippen LogP contribution in [0.5, 0.6) is 0 Å². The maximum Gasteiger partial charge on any atom is 0.253 e. The minimum Gasteiger partial charge on any atom is -0.350 e. The molecule has 0 aliphatic rings. The maximum atomic E-state index is 12.0. The van der Waals surface area contributed by atoms with E-state index < -0.39 is 0 Å². The van der Waals surface area contributed by atoms with E-state index in [2.05, 4.69) is 10.6 Å². The Morgan fingerprint density at radius 1 is 1.22 bits per heavy atom. The number of benzene rings is 1. The zero-order valence-electron chi connectivity index (χ0n) is 11.1. The van der Waals surface area contributed by atoms with E-state index in [-0.39, 0.29) is 17.9 Å². The van der Waals surface area contributed by atoms with E-state index in [1.807, 2.05) is 13.8 Å². The summed E-state index contributed by atoms with van der Waals surface area (Å²) in [7, 11) is 0. The first kappa shape index (κ1) is 14.2. The number of rotatable bonds is 5. The van der Waals surface area contributed by atoms with Crippen molar-refractivity contribution < 1.29 is 9.59 Å². The van der Waals surface area contributed by atoms with Crippen molar-refractivity contribution in [3.8, 4) is 0 Å². The molecule has 0 aliphatic heterocycles. The second-order valence-corrected chi connectivity index (χ2v) is 4.23. The molecule has 0 fully saturated rings. The summed E-state index contributed by atoms with van der Waals surface area (Å²) >= 11 is 0. The van der Waals surface area contributed by atoms with Crippen LogP contribution < -0.4 is 10.6 Å². The minimum atomic E-state index is -0.156. The van der Waals surface area contributed by atoms with Gasteiger partial charge >= 0.3 is 0 Å². The summed E-state index contributed by atoms with van der Waals surface area (Å²) < 4.78 is 0. The number of hydrogen-bond donors (Lipinski definition) is 2. The van der Waals surface area contributed by atoms with E-state index in [1.165, 1.54) is 0 Å². The lowest BCUT2D eigenvalue weighted by molar-refractivity contribution is -0.115. The molecule has 0 aromatic heterocycles. The van der Waals surface area contributed by atoms with Gasteiger partial charge in [-0.25, -0.2) is 0 Å². The fraction of sp³-hybridized carbons (Fsp3) is 0.429. The molecule has 98 valence electrons. The number of hydrogen-bond acceptors (Lipinski definition) is 2. The highest BCUT2D eigenvalue weighted by atomic mass is 16.2. The minimum absolute atomic E-state index is 0.0983. The van der Waals surface area contributed by atoms with Crippen LogP contribution in [0.4, 0.5) is 5.69 Å². The molecule has 0 saturated carbocycles. The molecule has 2 N–H and O–H groups in total. The number of nitrogens with one attached hydrogen (secondary N) is 2. The SMILES string of the molecule is CCC(=O)Nc1ccccc1C(=O)NC(C)CC. The highest BCUT2D eigenvalue weighted by Gasteiger charge is 2.13. The Morgan fingerprint density at radius 3 is 2.50 bits per heavy atom. The van der Waals surface area contributed by atoms with Crippen LogP contribution in [-0.4, -0.2) is 17.9 Å². The van der Waals surface area contributed by atoms with Gasteiger partial charge in [-0.1, -0.05) is 26.0 Å². The van der Waals surface area contributed by atoms with Crippen LogP contribution in [-0.2, 0) is 4.79 Å². The van der Waals surface area contributed by atoms with Gasteiger partial charge in [-0.2, -0.15) is 0 Å². The van der Waals surface area contributed by atoms with Gasteiger partial charge < -0.3 is 10.6 Å². The van der Waals surface area contributed by atoms with Crippen LogP contribution in [0.15, 0.2) is 24.3 Å². The van der Waals surface area contributed by atoms with Gasteiger partial charge in [-0.05, 0) is 25.5 Å². The first-order valence-corrected chi connectivity index (χ1v) is 6.28. The van der Waals surface area contributed by atoms with Crippen molar-refractivity contribution in [3.05, 3.63) is 29.8 Å². The molecule has 1 atom stereocenters. The van der Waals surface area contributed by atoms with Crippen molar-refractivity contribution in [2.24, 2.45) is 0 Å². The lowest BCUT2D eigenvalue weighted by Crippen LogP contribution is -2.32. The molecular formula is C14H20N2O2. The number of anilines is 1. The third-order valence-electron chi connectivity index (χ3n) is 2.76. The van der Waals surface area contributed by atoms with Crippen molar-refractivity contribution in [2.75, 3.05) is 5.32 Å². The Labute approximate surface area is 108 Å². The topological polar surface area (TPSA) is 58.2 Å². The molecule has 0 aliphatic carbocycles. The molecule has 1 aromatic rings. The molecule has 0 spiro atoms. The molecule has 0 heterocycles. The zero-order valence-corrected chi connectivity index (χ0v) is 11.1. The molecule has 0 bridgehead atoms. The number of carbonyl (C=O) groups excluding carboxylic acids is 2. The standard InChI is InChI=1S/C14H20N2O2/c1-4-10(3)15-14(18)11-8-6-7-9-12(11)16-13(17)5-2/h6-10H,4-5H2,1-3H3,(H,15,18)(H,16,17). The summed E-state index contributed by atoms with van der Waals surface area (Å²) in [6.07, 6.45) is 1.26. The fourth-order valence-corrected chi connectivity index (χ4v) is 1.43. The molecule has 1 unspecified atom stereocenters. The van der Waals surface area contributed by atoms with Gasteiger partial charge in [0, 0.05) is 12.5 Å². The third-order valence-corrected chi connectivity index (χ3v) is 2.76. The van der Waals surface area contributed by atoms with Crippen molar-refractivity contribution in [1.29, 1.82) is 0 Å². The van der Waals surface area contributed by atoms with Crippen LogP contribution >= 0.6 is 0 Å². The molecule has 2 amide bonds. The zero-order chi connectivity index (χ0) is 13.5. The van der Waals surface area contributed by atoms with Crippen LogP contribution in [0.1, 0.15) is 44.0 Å². The highest BCUT2D eigenvalue weighted by molar-refractivity contribution is 6.03. The Bertz CT molecular complexity index is 430. The molecule has 18 heavy (non-hydrogen) atoms. The van der Waals surface area contributed by atoms with Gasteiger partial charge in [0.2, 0.25) is 5.91 Å². The first-order chi connectivity index (χ1) is 8.58. The second-order valence-electron chi connectivity index (χ2n) is 4.23. The number of carbonyl (C=O) groups is 2. The van der Waals surface area contributed by atoms with Crippen molar-refractivity contribution in [2.45, 2.75) is 39.7 Å². The van der Waals surface area contributed by atoms with Gasteiger partial charge in [0.05, 0.1) is 11.3 Å². The maximum absolute atomic E-state index is 12.0. The van der Waals surface area contributed by atoms with Gasteiger partial charge in [0.15, 0.2) is 0 Å². The smallest absolute Gasteiger partial charge is 0.253 e. The van der Waals surface area contributed by atoms with Crippen molar-refractivity contribution >= 4 is 17.5 Å². The summed E-state index contributed by atoms with van der Waals surface area (Å²) in [5, 5.41) is 5.62. The molecule has 0 saturated heterocycles. The predicted octanol–water partition coefficient (Wildman–Crippen LogP) is 2.56. The van der Waals surface area contributed by atoms with Crippen LogP contribution in [0, 0.1) is 0 Å². The van der Waals surface area contributed by atoms with E-state index in [0.29, 0.717) is 17.7 Å². The number of para-hydroxylation sites is 1. The van der Waals surface area contributed by atoms with E-state index in [9.17, 15) is 9.59 Å². The van der Waals surface area contributed by atoms with Gasteiger partial charge in [0.25, 0.3) is 5.91 Å². The average molecular weight is 248 g/mol. The van der Waals surface area contributed by atoms with Crippen molar-refractivity contribution in [1.82, 2.24) is 5.32 Å². The lowest BCUT2D eigenvalue weighted by Gasteiger charge is -2.14. The summed E-state index contributed by atoms with van der Waals surface area (Å²) in [4.78, 5) is 23.4. The van der Waals surface area contributed by atoms with Crippen LogP contribution in [0.25, 0.3) is 0 Å². The first-order valence-electron chi connectivity index (χ1n) is 6.28. The predicted molar refractivity (Wildman–Crippen MR) is 72.6 cm³/mol. The Morgan fingerprint density at radius 2 is 1.89 bits per heavy atom. The molecule has 0 radical (unpaired) electrons. The monoisotopic (exact) mass is 248 g/mol. The normalized spacial score (nSPS) is 11.7. The summed E-state index contributed by atoms with van der Waals surface area (Å²) in [5.41, 5.74) is 1.06. The average Bonchev–Trinajstić information content (AvgIpc) is 2.38. The lowest BCUT2D eigenvalue weighted by atomic mass is 10.1. The molecule has 1 aromatic carbocycles. The van der Waals surface area contributed by atoms with E-state index >= 15 is 0 Å².